The van der Waals surface area contributed by atoms with E-state index >= 15 is 0 Å². The van der Waals surface area contributed by atoms with Crippen molar-refractivity contribution in [3.8, 4) is 11.6 Å². The molecule has 0 N–H and O–H groups in total. The van der Waals surface area contributed by atoms with Crippen LogP contribution >= 0.6 is 0 Å². The average Bonchev–Trinajstić information content (AvgIpc) is 2.58. The number of nitrogens with zero attached hydrogens (tertiary/aromatic N) is 3. The molecular formula is C7H5N3O. The molecule has 0 amide bonds. The summed E-state index contributed by atoms with van der Waals surface area (Å²) in [6.07, 6.45) is 3.03. The average molecular weight is 147 g/mol. The third kappa shape index (κ3) is 1.10. The summed E-state index contributed by atoms with van der Waals surface area (Å²) in [6.45, 7) is 0. The molecule has 2 aromatic rings. The number of hydrogen-bond acceptors (Lipinski definition) is 4. The number of hydrogen-bond donors (Lipinski definition) is 0. The maximum Gasteiger partial charge on any atom is 0.276 e. The van der Waals surface area contributed by atoms with Crippen LogP contribution in [-0.2, 0) is 0 Å². The Hall–Kier alpha value is -1.71. The minimum absolute atomic E-state index is 0.450. The highest BCUT2D eigenvalue weighted by molar-refractivity contribution is 5.44. The minimum atomic E-state index is 0.450. The van der Waals surface area contributed by atoms with Crippen molar-refractivity contribution < 1.29 is 4.52 Å². The van der Waals surface area contributed by atoms with Crippen LogP contribution in [0.3, 0.4) is 0 Å². The van der Waals surface area contributed by atoms with Gasteiger partial charge in [0.25, 0.3) is 5.89 Å². The van der Waals surface area contributed by atoms with Gasteiger partial charge in [0.05, 0.1) is 0 Å². The van der Waals surface area contributed by atoms with Gasteiger partial charge in [0.2, 0.25) is 0 Å². The Morgan fingerprint density at radius 3 is 2.82 bits per heavy atom. The third-order valence-electron chi connectivity index (χ3n) is 1.25. The predicted molar refractivity (Wildman–Crippen MR) is 37.5 cm³/mol. The van der Waals surface area contributed by atoms with Gasteiger partial charge in [0.15, 0.2) is 6.33 Å². The van der Waals surface area contributed by atoms with Gasteiger partial charge in [-0.2, -0.15) is 4.98 Å². The molecule has 54 valence electrons. The zero-order chi connectivity index (χ0) is 7.52. The fourth-order valence-corrected chi connectivity index (χ4v) is 0.775. The number of aromatic nitrogens is 3. The molecule has 4 nitrogen and oxygen atoms in total. The molecule has 2 rings (SSSR count). The molecule has 0 spiro atoms. The van der Waals surface area contributed by atoms with Crippen LogP contribution in [0.2, 0.25) is 0 Å². The molecule has 0 unspecified atom stereocenters. The van der Waals surface area contributed by atoms with Gasteiger partial charge >= 0.3 is 0 Å². The van der Waals surface area contributed by atoms with Crippen LogP contribution in [-0.4, -0.2) is 15.1 Å². The molecular weight excluding hydrogens is 142 g/mol. The normalized spacial score (nSPS) is 9.82. The predicted octanol–water partition coefficient (Wildman–Crippen LogP) is 1.13. The summed E-state index contributed by atoms with van der Waals surface area (Å²) in [4.78, 5) is 7.87. The molecule has 2 heterocycles. The van der Waals surface area contributed by atoms with E-state index in [9.17, 15) is 0 Å². The van der Waals surface area contributed by atoms with Crippen molar-refractivity contribution in [3.05, 3.63) is 30.7 Å². The van der Waals surface area contributed by atoms with Crippen molar-refractivity contribution in [1.82, 2.24) is 15.1 Å². The largest absolute Gasteiger partial charge is 0.333 e. The first-order valence-corrected chi connectivity index (χ1v) is 3.15. The number of rotatable bonds is 1. The Balaban J connectivity index is 2.46. The van der Waals surface area contributed by atoms with E-state index in [0.717, 1.165) is 0 Å². The van der Waals surface area contributed by atoms with E-state index in [-0.39, 0.29) is 0 Å². The van der Waals surface area contributed by atoms with E-state index in [0.29, 0.717) is 11.6 Å². The molecule has 4 heteroatoms. The van der Waals surface area contributed by atoms with Gasteiger partial charge in [-0.3, -0.25) is 4.98 Å². The van der Waals surface area contributed by atoms with Crippen LogP contribution in [0.4, 0.5) is 0 Å². The van der Waals surface area contributed by atoms with Crippen LogP contribution in [0, 0.1) is 0 Å². The molecule has 11 heavy (non-hydrogen) atoms. The highest BCUT2D eigenvalue weighted by atomic mass is 16.5. The summed E-state index contributed by atoms with van der Waals surface area (Å²) >= 11 is 0. The second kappa shape index (κ2) is 2.49. The first kappa shape index (κ1) is 6.03. The first-order chi connectivity index (χ1) is 5.47. The van der Waals surface area contributed by atoms with Gasteiger partial charge in [-0.05, 0) is 12.1 Å². The summed E-state index contributed by atoms with van der Waals surface area (Å²) in [5.74, 6) is 0.450. The van der Waals surface area contributed by atoms with Crippen molar-refractivity contribution in [1.29, 1.82) is 0 Å². The molecule has 0 bridgehead atoms. The smallest absolute Gasteiger partial charge is 0.276 e. The van der Waals surface area contributed by atoms with Gasteiger partial charge in [-0.25, -0.2) is 0 Å². The summed E-state index contributed by atoms with van der Waals surface area (Å²) < 4.78 is 4.80. The van der Waals surface area contributed by atoms with Crippen molar-refractivity contribution in [2.45, 2.75) is 0 Å². The lowest BCUT2D eigenvalue weighted by Gasteiger charge is -1.88. The second-order valence-corrected chi connectivity index (χ2v) is 1.96. The molecule has 0 fully saturated rings. The maximum absolute atomic E-state index is 4.80. The van der Waals surface area contributed by atoms with E-state index in [1.54, 1.807) is 6.20 Å². The molecule has 0 saturated carbocycles. The lowest BCUT2D eigenvalue weighted by Crippen LogP contribution is -1.79. The third-order valence-corrected chi connectivity index (χ3v) is 1.25. The SMILES string of the molecule is c1ccc(-c2ncno2)nc1. The van der Waals surface area contributed by atoms with Crippen LogP contribution in [0.1, 0.15) is 0 Å². The van der Waals surface area contributed by atoms with Crippen molar-refractivity contribution in [2.24, 2.45) is 0 Å². The zero-order valence-electron chi connectivity index (χ0n) is 5.64. The first-order valence-electron chi connectivity index (χ1n) is 3.15. The molecule has 0 aromatic carbocycles. The summed E-state index contributed by atoms with van der Waals surface area (Å²) in [5.41, 5.74) is 0.699. The highest BCUT2D eigenvalue weighted by Crippen LogP contribution is 2.10. The van der Waals surface area contributed by atoms with Crippen LogP contribution in [0.15, 0.2) is 35.2 Å². The molecule has 0 saturated heterocycles. The minimum Gasteiger partial charge on any atom is -0.333 e. The van der Waals surface area contributed by atoms with E-state index in [4.69, 9.17) is 4.52 Å². The van der Waals surface area contributed by atoms with E-state index < -0.39 is 0 Å². The fraction of sp³-hybridized carbons (Fsp3) is 0. The van der Waals surface area contributed by atoms with E-state index in [2.05, 4.69) is 15.1 Å². The fourth-order valence-electron chi connectivity index (χ4n) is 0.775. The summed E-state index contributed by atoms with van der Waals surface area (Å²) in [7, 11) is 0. The maximum atomic E-state index is 4.80. The lowest BCUT2D eigenvalue weighted by atomic mass is 10.3. The molecule has 2 aromatic heterocycles. The van der Waals surface area contributed by atoms with Crippen molar-refractivity contribution >= 4 is 0 Å². The molecule has 0 aliphatic carbocycles. The topological polar surface area (TPSA) is 51.8 Å². The van der Waals surface area contributed by atoms with Gasteiger partial charge in [-0.15, -0.1) is 0 Å². The molecule has 0 radical (unpaired) electrons. The van der Waals surface area contributed by atoms with Gasteiger partial charge < -0.3 is 4.52 Å². The Labute approximate surface area is 62.9 Å². The Kier molecular flexibility index (Phi) is 1.37. The molecule has 0 aliphatic rings. The number of pyridine rings is 1. The van der Waals surface area contributed by atoms with Gasteiger partial charge in [-0.1, -0.05) is 11.2 Å². The van der Waals surface area contributed by atoms with Gasteiger partial charge in [0.1, 0.15) is 5.69 Å². The molecule has 0 atom stereocenters. The van der Waals surface area contributed by atoms with Crippen LogP contribution in [0.25, 0.3) is 11.6 Å². The van der Waals surface area contributed by atoms with E-state index in [1.165, 1.54) is 6.33 Å². The Bertz CT molecular complexity index is 317. The molecule has 0 aliphatic heterocycles. The lowest BCUT2D eigenvalue weighted by molar-refractivity contribution is 0.429. The van der Waals surface area contributed by atoms with Crippen LogP contribution < -0.4 is 0 Å². The Morgan fingerprint density at radius 2 is 2.18 bits per heavy atom. The van der Waals surface area contributed by atoms with Crippen molar-refractivity contribution in [3.63, 3.8) is 0 Å². The summed E-state index contributed by atoms with van der Waals surface area (Å²) in [6, 6.07) is 5.51. The monoisotopic (exact) mass is 147 g/mol. The quantitative estimate of drug-likeness (QED) is 0.606. The summed E-state index contributed by atoms with van der Waals surface area (Å²) in [5, 5.41) is 3.47. The van der Waals surface area contributed by atoms with E-state index in [1.807, 2.05) is 18.2 Å². The second-order valence-electron chi connectivity index (χ2n) is 1.96. The Morgan fingerprint density at radius 1 is 1.18 bits per heavy atom. The van der Waals surface area contributed by atoms with Crippen molar-refractivity contribution in [2.75, 3.05) is 0 Å². The van der Waals surface area contributed by atoms with Gasteiger partial charge in [0, 0.05) is 6.20 Å². The standard InChI is InChI=1S/C7H5N3O/c1-2-4-8-6(3-1)7-9-5-10-11-7/h1-5H. The zero-order valence-corrected chi connectivity index (χ0v) is 5.64. The highest BCUT2D eigenvalue weighted by Gasteiger charge is 2.01. The van der Waals surface area contributed by atoms with Crippen LogP contribution in [0.5, 0.6) is 0 Å².